The maximum Gasteiger partial charge on any atom is 0.348 e. The number of aryl methyl sites for hydroxylation is 3. The van der Waals surface area contributed by atoms with Crippen molar-refractivity contribution in [1.29, 1.82) is 0 Å². The monoisotopic (exact) mass is 392 g/mol. The number of hydrogen-bond acceptors (Lipinski definition) is 5. The van der Waals surface area contributed by atoms with Crippen LogP contribution in [0.2, 0.25) is 0 Å². The molecule has 6 nitrogen and oxygen atoms in total. The number of carbonyl (C=O) groups is 1. The van der Waals surface area contributed by atoms with Crippen LogP contribution in [-0.4, -0.2) is 34.3 Å². The Balaban J connectivity index is 2.21. The van der Waals surface area contributed by atoms with E-state index in [0.717, 1.165) is 5.56 Å². The largest absolute Gasteiger partial charge is 0.478 e. The van der Waals surface area contributed by atoms with Gasteiger partial charge in [0.05, 0.1) is 0 Å². The van der Waals surface area contributed by atoms with Gasteiger partial charge < -0.3 is 14.6 Å². The maximum atomic E-state index is 12.4. The molecule has 0 aliphatic carbocycles. The van der Waals surface area contributed by atoms with Gasteiger partial charge in [-0.15, -0.1) is 0 Å². The number of aliphatic carboxylic acids is 1. The SMILES string of the molecule is COC(c1ccccc1)(c1ccc(C)cc1)C(Oc1nc(C)cc(C)n1)C(=O)O. The number of nitrogens with zero attached hydrogens (tertiary/aromatic N) is 2. The van der Waals surface area contributed by atoms with Crippen molar-refractivity contribution in [2.45, 2.75) is 32.5 Å². The van der Waals surface area contributed by atoms with Crippen molar-refractivity contribution < 1.29 is 19.4 Å². The van der Waals surface area contributed by atoms with Gasteiger partial charge in [-0.05, 0) is 38.0 Å². The highest BCUT2D eigenvalue weighted by molar-refractivity contribution is 5.76. The van der Waals surface area contributed by atoms with Gasteiger partial charge in [0.15, 0.2) is 5.60 Å². The zero-order chi connectivity index (χ0) is 21.0. The van der Waals surface area contributed by atoms with Crippen LogP contribution in [0.4, 0.5) is 0 Å². The van der Waals surface area contributed by atoms with E-state index in [9.17, 15) is 9.90 Å². The molecule has 1 N–H and O–H groups in total. The van der Waals surface area contributed by atoms with Gasteiger partial charge in [-0.2, -0.15) is 0 Å². The molecule has 0 aliphatic heterocycles. The first kappa shape index (κ1) is 20.5. The molecular formula is C23H24N2O4. The van der Waals surface area contributed by atoms with Crippen LogP contribution in [0.3, 0.4) is 0 Å². The minimum atomic E-state index is -1.42. The van der Waals surface area contributed by atoms with Crippen molar-refractivity contribution in [2.24, 2.45) is 0 Å². The molecule has 0 bridgehead atoms. The third kappa shape index (κ3) is 4.12. The number of ether oxygens (including phenoxy) is 2. The van der Waals surface area contributed by atoms with Crippen LogP contribution in [0, 0.1) is 20.8 Å². The fourth-order valence-corrected chi connectivity index (χ4v) is 3.46. The topological polar surface area (TPSA) is 81.5 Å². The Hall–Kier alpha value is -3.25. The van der Waals surface area contributed by atoms with Crippen molar-refractivity contribution in [3.05, 3.63) is 88.7 Å². The van der Waals surface area contributed by atoms with E-state index in [4.69, 9.17) is 9.47 Å². The molecule has 3 aromatic rings. The third-order valence-corrected chi connectivity index (χ3v) is 4.78. The summed E-state index contributed by atoms with van der Waals surface area (Å²) >= 11 is 0. The molecule has 0 saturated heterocycles. The second kappa shape index (κ2) is 8.41. The quantitative estimate of drug-likeness (QED) is 0.658. The number of carboxylic acids is 1. The van der Waals surface area contributed by atoms with E-state index in [1.54, 1.807) is 19.9 Å². The molecule has 2 aromatic carbocycles. The standard InChI is InChI=1S/C23H24N2O4/c1-15-10-12-19(13-11-15)23(28-4,18-8-6-5-7-9-18)20(21(26)27)29-22-24-16(2)14-17(3)25-22/h5-14,20H,1-4H3,(H,26,27). The van der Waals surface area contributed by atoms with Crippen molar-refractivity contribution in [2.75, 3.05) is 7.11 Å². The number of benzene rings is 2. The van der Waals surface area contributed by atoms with Crippen molar-refractivity contribution in [3.8, 4) is 6.01 Å². The molecular weight excluding hydrogens is 368 g/mol. The maximum absolute atomic E-state index is 12.4. The van der Waals surface area contributed by atoms with Crippen LogP contribution in [0.25, 0.3) is 0 Å². The van der Waals surface area contributed by atoms with Crippen molar-refractivity contribution in [1.82, 2.24) is 9.97 Å². The van der Waals surface area contributed by atoms with Gasteiger partial charge in [0.25, 0.3) is 0 Å². The van der Waals surface area contributed by atoms with E-state index >= 15 is 0 Å². The van der Waals surface area contributed by atoms with E-state index in [1.165, 1.54) is 7.11 Å². The first-order valence-corrected chi connectivity index (χ1v) is 9.26. The van der Waals surface area contributed by atoms with Gasteiger partial charge in [0.1, 0.15) is 0 Å². The van der Waals surface area contributed by atoms with Gasteiger partial charge >= 0.3 is 12.0 Å². The molecule has 0 fully saturated rings. The molecule has 0 aliphatic rings. The number of methoxy groups -OCH3 is 1. The Morgan fingerprint density at radius 2 is 1.48 bits per heavy atom. The summed E-state index contributed by atoms with van der Waals surface area (Å²) in [5.41, 5.74) is 2.35. The summed E-state index contributed by atoms with van der Waals surface area (Å²) in [5, 5.41) is 10.2. The number of rotatable bonds is 7. The van der Waals surface area contributed by atoms with Crippen molar-refractivity contribution in [3.63, 3.8) is 0 Å². The minimum Gasteiger partial charge on any atom is -0.478 e. The first-order valence-electron chi connectivity index (χ1n) is 9.26. The summed E-state index contributed by atoms with van der Waals surface area (Å²) in [7, 11) is 1.48. The lowest BCUT2D eigenvalue weighted by Gasteiger charge is -2.37. The summed E-state index contributed by atoms with van der Waals surface area (Å²) in [6, 6.07) is 18.5. The van der Waals surface area contributed by atoms with Gasteiger partial charge in [-0.3, -0.25) is 0 Å². The first-order chi connectivity index (χ1) is 13.9. The Kier molecular flexibility index (Phi) is 5.94. The van der Waals surface area contributed by atoms with E-state index in [2.05, 4.69) is 9.97 Å². The lowest BCUT2D eigenvalue weighted by atomic mass is 9.81. The van der Waals surface area contributed by atoms with Gasteiger partial charge in [-0.1, -0.05) is 60.2 Å². The molecule has 0 spiro atoms. The van der Waals surface area contributed by atoms with Crippen LogP contribution in [0.5, 0.6) is 6.01 Å². The average Bonchev–Trinajstić information content (AvgIpc) is 2.69. The van der Waals surface area contributed by atoms with Gasteiger partial charge in [-0.25, -0.2) is 14.8 Å². The van der Waals surface area contributed by atoms with Crippen LogP contribution in [-0.2, 0) is 15.1 Å². The van der Waals surface area contributed by atoms with E-state index in [-0.39, 0.29) is 6.01 Å². The lowest BCUT2D eigenvalue weighted by Crippen LogP contribution is -2.50. The molecule has 1 aromatic heterocycles. The van der Waals surface area contributed by atoms with Crippen molar-refractivity contribution >= 4 is 5.97 Å². The zero-order valence-electron chi connectivity index (χ0n) is 16.9. The second-order valence-electron chi connectivity index (χ2n) is 6.94. The fourth-order valence-electron chi connectivity index (χ4n) is 3.46. The summed E-state index contributed by atoms with van der Waals surface area (Å²) in [4.78, 5) is 20.9. The van der Waals surface area contributed by atoms with Crippen LogP contribution in [0.1, 0.15) is 28.1 Å². The predicted molar refractivity (Wildman–Crippen MR) is 109 cm³/mol. The summed E-state index contributed by atoms with van der Waals surface area (Å²) in [6.45, 7) is 5.57. The third-order valence-electron chi connectivity index (χ3n) is 4.78. The second-order valence-corrected chi connectivity index (χ2v) is 6.94. The summed E-state index contributed by atoms with van der Waals surface area (Å²) < 4.78 is 11.8. The molecule has 0 radical (unpaired) electrons. The zero-order valence-corrected chi connectivity index (χ0v) is 16.9. The summed E-state index contributed by atoms with van der Waals surface area (Å²) in [6.07, 6.45) is -1.42. The molecule has 0 amide bonds. The predicted octanol–water partition coefficient (Wildman–Crippen LogP) is 3.82. The molecule has 0 saturated carbocycles. The highest BCUT2D eigenvalue weighted by Crippen LogP contribution is 2.38. The number of hydrogen-bond donors (Lipinski definition) is 1. The van der Waals surface area contributed by atoms with E-state index in [0.29, 0.717) is 22.5 Å². The Morgan fingerprint density at radius 3 is 2.00 bits per heavy atom. The Bertz CT molecular complexity index is 969. The van der Waals surface area contributed by atoms with Gasteiger partial charge in [0.2, 0.25) is 6.10 Å². The lowest BCUT2D eigenvalue weighted by molar-refractivity contribution is -0.160. The number of carboxylic acid groups (broad SMARTS) is 1. The Labute approximate surface area is 170 Å². The molecule has 2 unspecified atom stereocenters. The fraction of sp³-hybridized carbons (Fsp3) is 0.261. The number of aromatic nitrogens is 2. The molecule has 2 atom stereocenters. The van der Waals surface area contributed by atoms with Crippen LogP contribution >= 0.6 is 0 Å². The highest BCUT2D eigenvalue weighted by Gasteiger charge is 2.49. The molecule has 1 heterocycles. The van der Waals surface area contributed by atoms with Gasteiger partial charge in [0, 0.05) is 18.5 Å². The Morgan fingerprint density at radius 1 is 0.931 bits per heavy atom. The van der Waals surface area contributed by atoms with E-state index < -0.39 is 17.7 Å². The minimum absolute atomic E-state index is 0.000585. The highest BCUT2D eigenvalue weighted by atomic mass is 16.6. The normalized spacial score (nSPS) is 14.1. The van der Waals surface area contributed by atoms with Crippen LogP contribution < -0.4 is 4.74 Å². The molecule has 3 rings (SSSR count). The molecule has 6 heteroatoms. The molecule has 29 heavy (non-hydrogen) atoms. The average molecular weight is 392 g/mol. The van der Waals surface area contributed by atoms with Crippen LogP contribution in [0.15, 0.2) is 60.7 Å². The summed E-state index contributed by atoms with van der Waals surface area (Å²) in [5.74, 6) is -1.18. The molecule has 150 valence electrons. The smallest absolute Gasteiger partial charge is 0.348 e. The van der Waals surface area contributed by atoms with E-state index in [1.807, 2.05) is 61.5 Å².